The average Bonchev–Trinajstić information content (AvgIpc) is 2.90. The molecule has 0 atom stereocenters. The molecule has 2 aromatic heterocycles. The number of aromatic nitrogens is 2. The highest BCUT2D eigenvalue weighted by Gasteiger charge is 2.18. The van der Waals surface area contributed by atoms with E-state index >= 15 is 0 Å². The lowest BCUT2D eigenvalue weighted by Gasteiger charge is -2.20. The van der Waals surface area contributed by atoms with Gasteiger partial charge in [-0.2, -0.15) is 0 Å². The molecule has 0 bridgehead atoms. The van der Waals surface area contributed by atoms with Gasteiger partial charge in [0.25, 0.3) is 0 Å². The summed E-state index contributed by atoms with van der Waals surface area (Å²) in [5.74, 6) is 1.61. The van der Waals surface area contributed by atoms with E-state index in [1.807, 2.05) is 36.4 Å². The lowest BCUT2D eigenvalue weighted by atomic mass is 9.91. The van der Waals surface area contributed by atoms with Crippen LogP contribution in [0.4, 0.5) is 23.0 Å². The van der Waals surface area contributed by atoms with E-state index in [9.17, 15) is 0 Å². The predicted molar refractivity (Wildman–Crippen MR) is 142 cm³/mol. The minimum absolute atomic E-state index is 0.804. The van der Waals surface area contributed by atoms with Crippen molar-refractivity contribution in [1.82, 2.24) is 9.97 Å². The Balaban J connectivity index is 1.66. The van der Waals surface area contributed by atoms with Gasteiger partial charge in [0.15, 0.2) is 0 Å². The third kappa shape index (κ3) is 3.71. The summed E-state index contributed by atoms with van der Waals surface area (Å²) in [6.45, 7) is 0. The summed E-state index contributed by atoms with van der Waals surface area (Å²) in [6.07, 6.45) is 3.60. The number of fused-ring (bicyclic) bond motifs is 2. The van der Waals surface area contributed by atoms with Gasteiger partial charge in [-0.3, -0.25) is 0 Å². The second kappa shape index (κ2) is 8.68. The maximum atomic E-state index is 4.50. The van der Waals surface area contributed by atoms with Crippen LogP contribution in [0.2, 0.25) is 0 Å². The van der Waals surface area contributed by atoms with Gasteiger partial charge in [0, 0.05) is 34.9 Å². The van der Waals surface area contributed by atoms with Gasteiger partial charge in [0.2, 0.25) is 0 Å². The summed E-state index contributed by atoms with van der Waals surface area (Å²) >= 11 is 0. The van der Waals surface area contributed by atoms with E-state index in [4.69, 9.17) is 0 Å². The zero-order valence-electron chi connectivity index (χ0n) is 18.4. The van der Waals surface area contributed by atoms with E-state index in [-0.39, 0.29) is 0 Å². The van der Waals surface area contributed by atoms with Crippen LogP contribution in [-0.2, 0) is 0 Å². The third-order valence-electron chi connectivity index (χ3n) is 5.96. The normalized spacial score (nSPS) is 10.9. The first-order valence-corrected chi connectivity index (χ1v) is 11.3. The SMILES string of the molecule is c1ccc(Nc2ccc3ccccc3c2-c2c(Nc3ccccn3)ccc3ccccc23)nc1. The summed E-state index contributed by atoms with van der Waals surface area (Å²) in [5, 5.41) is 11.8. The Morgan fingerprint density at radius 3 is 1.29 bits per heavy atom. The summed E-state index contributed by atoms with van der Waals surface area (Å²) in [7, 11) is 0. The Morgan fingerprint density at radius 2 is 0.853 bits per heavy atom. The molecule has 0 spiro atoms. The molecule has 0 aliphatic heterocycles. The van der Waals surface area contributed by atoms with Gasteiger partial charge in [0.1, 0.15) is 11.6 Å². The molecule has 2 heterocycles. The van der Waals surface area contributed by atoms with Crippen LogP contribution in [0.25, 0.3) is 32.7 Å². The van der Waals surface area contributed by atoms with Crippen LogP contribution >= 0.6 is 0 Å². The van der Waals surface area contributed by atoms with Crippen LogP contribution in [0.1, 0.15) is 0 Å². The maximum Gasteiger partial charge on any atom is 0.130 e. The van der Waals surface area contributed by atoms with E-state index in [1.54, 1.807) is 12.4 Å². The van der Waals surface area contributed by atoms with Gasteiger partial charge in [-0.05, 0) is 57.9 Å². The highest BCUT2D eigenvalue weighted by Crippen LogP contribution is 2.44. The Bertz CT molecular complexity index is 1470. The van der Waals surface area contributed by atoms with Crippen molar-refractivity contribution in [2.45, 2.75) is 0 Å². The number of hydrogen-bond acceptors (Lipinski definition) is 4. The van der Waals surface area contributed by atoms with Crippen LogP contribution in [0.5, 0.6) is 0 Å². The number of hydrogen-bond donors (Lipinski definition) is 2. The topological polar surface area (TPSA) is 49.8 Å². The summed E-state index contributed by atoms with van der Waals surface area (Å²) in [5.41, 5.74) is 4.24. The van der Waals surface area contributed by atoms with Crippen LogP contribution in [-0.4, -0.2) is 9.97 Å². The van der Waals surface area contributed by atoms with Gasteiger partial charge in [-0.1, -0.05) is 72.8 Å². The molecule has 34 heavy (non-hydrogen) atoms. The molecule has 0 fully saturated rings. The summed E-state index contributed by atoms with van der Waals surface area (Å²) < 4.78 is 0. The van der Waals surface area contributed by atoms with Gasteiger partial charge in [-0.15, -0.1) is 0 Å². The molecule has 6 rings (SSSR count). The molecule has 4 heteroatoms. The highest BCUT2D eigenvalue weighted by atomic mass is 15.0. The number of nitrogens with zero attached hydrogens (tertiary/aromatic N) is 2. The number of pyridine rings is 2. The van der Waals surface area contributed by atoms with Crippen LogP contribution in [0.15, 0.2) is 122 Å². The van der Waals surface area contributed by atoms with Gasteiger partial charge < -0.3 is 10.6 Å². The first-order valence-electron chi connectivity index (χ1n) is 11.3. The Kier molecular flexibility index (Phi) is 5.09. The first kappa shape index (κ1) is 19.9. The van der Waals surface area contributed by atoms with Crippen molar-refractivity contribution in [1.29, 1.82) is 0 Å². The predicted octanol–water partition coefficient (Wildman–Crippen LogP) is 7.94. The fraction of sp³-hybridized carbons (Fsp3) is 0. The highest BCUT2D eigenvalue weighted by molar-refractivity contribution is 6.14. The van der Waals surface area contributed by atoms with Crippen LogP contribution in [0.3, 0.4) is 0 Å². The van der Waals surface area contributed by atoms with Crippen molar-refractivity contribution < 1.29 is 0 Å². The molecule has 0 saturated heterocycles. The molecule has 0 aliphatic rings. The van der Waals surface area contributed by atoms with Gasteiger partial charge in [-0.25, -0.2) is 9.97 Å². The zero-order chi connectivity index (χ0) is 22.7. The van der Waals surface area contributed by atoms with Crippen molar-refractivity contribution >= 4 is 44.6 Å². The molecule has 0 unspecified atom stereocenters. The minimum atomic E-state index is 0.804. The summed E-state index contributed by atoms with van der Waals surface area (Å²) in [4.78, 5) is 9.01. The van der Waals surface area contributed by atoms with E-state index in [2.05, 4.69) is 93.4 Å². The Labute approximate surface area is 198 Å². The van der Waals surface area contributed by atoms with E-state index in [0.717, 1.165) is 34.1 Å². The standard InChI is InChI=1S/C30H22N4/c1-3-11-23-21(9-1)15-17-25(33-27-13-5-7-19-31-27)29(23)30-24-12-4-2-10-22(24)16-18-26(30)34-28-14-6-8-20-32-28/h1-20H,(H,31,33)(H,32,34). The van der Waals surface area contributed by atoms with E-state index in [1.165, 1.54) is 21.5 Å². The van der Waals surface area contributed by atoms with Crippen molar-refractivity contribution in [3.63, 3.8) is 0 Å². The monoisotopic (exact) mass is 438 g/mol. The molecule has 6 aromatic rings. The maximum absolute atomic E-state index is 4.50. The molecule has 4 aromatic carbocycles. The third-order valence-corrected chi connectivity index (χ3v) is 5.96. The fourth-order valence-electron chi connectivity index (χ4n) is 4.44. The van der Waals surface area contributed by atoms with Crippen molar-refractivity contribution in [3.05, 3.63) is 122 Å². The molecule has 4 nitrogen and oxygen atoms in total. The van der Waals surface area contributed by atoms with Crippen molar-refractivity contribution in [2.24, 2.45) is 0 Å². The molecular weight excluding hydrogens is 416 g/mol. The van der Waals surface area contributed by atoms with Crippen molar-refractivity contribution in [2.75, 3.05) is 10.6 Å². The lowest BCUT2D eigenvalue weighted by Crippen LogP contribution is -2.00. The van der Waals surface area contributed by atoms with Gasteiger partial charge >= 0.3 is 0 Å². The lowest BCUT2D eigenvalue weighted by molar-refractivity contribution is 1.31. The largest absolute Gasteiger partial charge is 0.340 e. The number of rotatable bonds is 5. The van der Waals surface area contributed by atoms with E-state index in [0.29, 0.717) is 0 Å². The zero-order valence-corrected chi connectivity index (χ0v) is 18.4. The first-order chi connectivity index (χ1) is 16.9. The Hall–Kier alpha value is -4.70. The molecule has 162 valence electrons. The van der Waals surface area contributed by atoms with Crippen LogP contribution < -0.4 is 10.6 Å². The molecule has 0 amide bonds. The molecule has 0 radical (unpaired) electrons. The quantitative estimate of drug-likeness (QED) is 0.287. The van der Waals surface area contributed by atoms with E-state index < -0.39 is 0 Å². The average molecular weight is 439 g/mol. The number of anilines is 4. The molecule has 0 aliphatic carbocycles. The second-order valence-electron chi connectivity index (χ2n) is 8.10. The summed E-state index contributed by atoms with van der Waals surface area (Å²) in [6, 6.07) is 37.4. The molecule has 2 N–H and O–H groups in total. The minimum Gasteiger partial charge on any atom is -0.340 e. The second-order valence-corrected chi connectivity index (χ2v) is 8.10. The van der Waals surface area contributed by atoms with Crippen LogP contribution in [0, 0.1) is 0 Å². The smallest absolute Gasteiger partial charge is 0.130 e. The molecular formula is C30H22N4. The number of nitrogens with one attached hydrogen (secondary N) is 2. The molecule has 0 saturated carbocycles. The fourth-order valence-corrected chi connectivity index (χ4v) is 4.44. The van der Waals surface area contributed by atoms with Gasteiger partial charge in [0.05, 0.1) is 0 Å². The number of benzene rings is 4. The Morgan fingerprint density at radius 1 is 0.412 bits per heavy atom. The van der Waals surface area contributed by atoms with Crippen molar-refractivity contribution in [3.8, 4) is 11.1 Å².